The van der Waals surface area contributed by atoms with E-state index in [0.717, 1.165) is 11.3 Å². The highest BCUT2D eigenvalue weighted by Crippen LogP contribution is 2.32. The van der Waals surface area contributed by atoms with Gasteiger partial charge in [-0.1, -0.05) is 12.1 Å². The molecule has 1 aromatic carbocycles. The topological polar surface area (TPSA) is 68.6 Å². The predicted octanol–water partition coefficient (Wildman–Crippen LogP) is 1.54. The largest absolute Gasteiger partial charge is 0.497 e. The molecular weight excluding hydrogens is 280 g/mol. The molecule has 2 aliphatic rings. The fraction of sp³-hybridized carbons (Fsp3) is 0.375. The fourth-order valence-electron chi connectivity index (χ4n) is 2.87. The van der Waals surface area contributed by atoms with Crippen LogP contribution in [-0.4, -0.2) is 35.5 Å². The Morgan fingerprint density at radius 3 is 3.09 bits per heavy atom. The van der Waals surface area contributed by atoms with Crippen molar-refractivity contribution in [1.29, 1.82) is 5.26 Å². The fourth-order valence-corrected chi connectivity index (χ4v) is 2.87. The molecule has 6 heteroatoms. The van der Waals surface area contributed by atoms with Crippen LogP contribution in [0.25, 0.3) is 0 Å². The Balaban J connectivity index is 1.74. The zero-order chi connectivity index (χ0) is 15.5. The van der Waals surface area contributed by atoms with Crippen LogP contribution >= 0.6 is 0 Å². The Bertz CT molecular complexity index is 637. The summed E-state index contributed by atoms with van der Waals surface area (Å²) in [5.41, 5.74) is 4.44. The summed E-state index contributed by atoms with van der Waals surface area (Å²) in [5, 5.41) is 10.5. The standard InChI is InChI=1S/C16H18N4O2/c1-22-13-5-2-4-12(10-13)14-11-15-16(21)19(7-3-6-17)8-9-20(15)18-14/h2,4-5,8-10,14-15,18H,3,7,11H2,1H3. The summed E-state index contributed by atoms with van der Waals surface area (Å²) in [7, 11) is 1.64. The molecule has 0 aliphatic carbocycles. The number of rotatable bonds is 4. The highest BCUT2D eigenvalue weighted by molar-refractivity contribution is 5.84. The van der Waals surface area contributed by atoms with Crippen LogP contribution in [0.3, 0.4) is 0 Å². The number of amides is 1. The third-order valence-electron chi connectivity index (χ3n) is 4.04. The molecule has 1 amide bonds. The number of hydrogen-bond acceptors (Lipinski definition) is 5. The van der Waals surface area contributed by atoms with Crippen LogP contribution in [0.4, 0.5) is 0 Å². The molecule has 0 saturated carbocycles. The van der Waals surface area contributed by atoms with E-state index in [0.29, 0.717) is 19.4 Å². The quantitative estimate of drug-likeness (QED) is 0.913. The first-order chi connectivity index (χ1) is 10.7. The number of methoxy groups -OCH3 is 1. The molecule has 1 aromatic rings. The van der Waals surface area contributed by atoms with Gasteiger partial charge in [0, 0.05) is 18.9 Å². The van der Waals surface area contributed by atoms with Crippen molar-refractivity contribution in [2.24, 2.45) is 0 Å². The maximum atomic E-state index is 12.5. The molecule has 0 spiro atoms. The maximum absolute atomic E-state index is 12.5. The summed E-state index contributed by atoms with van der Waals surface area (Å²) >= 11 is 0. The third kappa shape index (κ3) is 2.63. The number of nitrogens with one attached hydrogen (secondary N) is 1. The Kier molecular flexibility index (Phi) is 3.98. The highest BCUT2D eigenvalue weighted by atomic mass is 16.5. The number of hydrogen-bond donors (Lipinski definition) is 1. The molecule has 1 N–H and O–H groups in total. The lowest BCUT2D eigenvalue weighted by Gasteiger charge is -2.31. The Hall–Kier alpha value is -2.52. The normalized spacial score (nSPS) is 23.4. The van der Waals surface area contributed by atoms with E-state index in [2.05, 4.69) is 11.5 Å². The monoisotopic (exact) mass is 298 g/mol. The Morgan fingerprint density at radius 1 is 1.45 bits per heavy atom. The molecule has 6 nitrogen and oxygen atoms in total. The minimum absolute atomic E-state index is 0.0376. The van der Waals surface area contributed by atoms with E-state index in [4.69, 9.17) is 10.00 Å². The molecule has 0 radical (unpaired) electrons. The van der Waals surface area contributed by atoms with Gasteiger partial charge in [0.25, 0.3) is 5.91 Å². The number of nitrogens with zero attached hydrogens (tertiary/aromatic N) is 3. The number of fused-ring (bicyclic) bond motifs is 1. The van der Waals surface area contributed by atoms with Crippen LogP contribution in [0, 0.1) is 11.3 Å². The van der Waals surface area contributed by atoms with Gasteiger partial charge >= 0.3 is 0 Å². The third-order valence-corrected chi connectivity index (χ3v) is 4.04. The average molecular weight is 298 g/mol. The van der Waals surface area contributed by atoms with Crippen LogP contribution in [0.1, 0.15) is 24.4 Å². The van der Waals surface area contributed by atoms with Gasteiger partial charge < -0.3 is 14.6 Å². The molecule has 0 bridgehead atoms. The van der Waals surface area contributed by atoms with Gasteiger partial charge in [-0.15, -0.1) is 0 Å². The van der Waals surface area contributed by atoms with Crippen molar-refractivity contribution < 1.29 is 9.53 Å². The summed E-state index contributed by atoms with van der Waals surface area (Å²) in [5.74, 6) is 0.845. The Morgan fingerprint density at radius 2 is 2.32 bits per heavy atom. The lowest BCUT2D eigenvalue weighted by Crippen LogP contribution is -2.48. The van der Waals surface area contributed by atoms with Crippen LogP contribution in [0.15, 0.2) is 36.7 Å². The minimum Gasteiger partial charge on any atom is -0.497 e. The van der Waals surface area contributed by atoms with Crippen LogP contribution in [-0.2, 0) is 4.79 Å². The van der Waals surface area contributed by atoms with Crippen molar-refractivity contribution in [3.05, 3.63) is 42.2 Å². The molecular formula is C16H18N4O2. The van der Waals surface area contributed by atoms with E-state index in [1.165, 1.54) is 0 Å². The van der Waals surface area contributed by atoms with Gasteiger partial charge in [-0.05, 0) is 24.1 Å². The molecule has 3 rings (SSSR count). The van der Waals surface area contributed by atoms with E-state index in [9.17, 15) is 4.79 Å². The van der Waals surface area contributed by atoms with Gasteiger partial charge in [-0.3, -0.25) is 4.79 Å². The van der Waals surface area contributed by atoms with E-state index < -0.39 is 0 Å². The van der Waals surface area contributed by atoms with Crippen LogP contribution in [0.2, 0.25) is 0 Å². The molecule has 22 heavy (non-hydrogen) atoms. The molecule has 114 valence electrons. The SMILES string of the molecule is COc1cccc(C2CC3C(=O)N(CCC#N)C=CN3N2)c1. The van der Waals surface area contributed by atoms with Crippen molar-refractivity contribution in [3.63, 3.8) is 0 Å². The number of hydrazine groups is 1. The smallest absolute Gasteiger partial charge is 0.250 e. The minimum atomic E-state index is -0.222. The number of ether oxygens (including phenoxy) is 1. The maximum Gasteiger partial charge on any atom is 0.250 e. The van der Waals surface area contributed by atoms with Crippen molar-refractivity contribution >= 4 is 5.91 Å². The van der Waals surface area contributed by atoms with Gasteiger partial charge in [-0.25, -0.2) is 5.43 Å². The lowest BCUT2D eigenvalue weighted by molar-refractivity contribution is -0.134. The molecule has 2 atom stereocenters. The molecule has 0 aromatic heterocycles. The summed E-state index contributed by atoms with van der Waals surface area (Å²) in [6.07, 6.45) is 4.63. The van der Waals surface area contributed by atoms with Crippen molar-refractivity contribution in [2.75, 3.05) is 13.7 Å². The van der Waals surface area contributed by atoms with Gasteiger partial charge in [-0.2, -0.15) is 5.26 Å². The summed E-state index contributed by atoms with van der Waals surface area (Å²) in [6.45, 7) is 0.444. The van der Waals surface area contributed by atoms with E-state index in [1.807, 2.05) is 35.5 Å². The number of nitriles is 1. The second-order valence-corrected chi connectivity index (χ2v) is 5.35. The van der Waals surface area contributed by atoms with Gasteiger partial charge in [0.15, 0.2) is 0 Å². The van der Waals surface area contributed by atoms with Gasteiger partial charge in [0.05, 0.1) is 25.6 Å². The first-order valence-electron chi connectivity index (χ1n) is 7.27. The summed E-state index contributed by atoms with van der Waals surface area (Å²) < 4.78 is 5.25. The lowest BCUT2D eigenvalue weighted by atomic mass is 10.0. The van der Waals surface area contributed by atoms with Crippen molar-refractivity contribution in [3.8, 4) is 11.8 Å². The van der Waals surface area contributed by atoms with E-state index in [1.54, 1.807) is 18.2 Å². The first kappa shape index (κ1) is 14.4. The van der Waals surface area contributed by atoms with Crippen LogP contribution < -0.4 is 10.2 Å². The van der Waals surface area contributed by atoms with Crippen LogP contribution in [0.5, 0.6) is 5.75 Å². The molecule has 2 heterocycles. The Labute approximate surface area is 129 Å². The molecule has 1 saturated heterocycles. The van der Waals surface area contributed by atoms with Gasteiger partial charge in [0.1, 0.15) is 11.8 Å². The zero-order valence-electron chi connectivity index (χ0n) is 12.4. The summed E-state index contributed by atoms with van der Waals surface area (Å²) in [4.78, 5) is 14.1. The number of benzene rings is 1. The van der Waals surface area contributed by atoms with E-state index in [-0.39, 0.29) is 18.0 Å². The second kappa shape index (κ2) is 6.08. The molecule has 2 unspecified atom stereocenters. The number of carbonyl (C=O) groups excluding carboxylic acids is 1. The van der Waals surface area contributed by atoms with Gasteiger partial charge in [0.2, 0.25) is 0 Å². The van der Waals surface area contributed by atoms with Crippen molar-refractivity contribution in [1.82, 2.24) is 15.3 Å². The predicted molar refractivity (Wildman–Crippen MR) is 80.2 cm³/mol. The molecule has 1 fully saturated rings. The zero-order valence-corrected chi connectivity index (χ0v) is 12.4. The molecule has 2 aliphatic heterocycles. The van der Waals surface area contributed by atoms with E-state index >= 15 is 0 Å². The average Bonchev–Trinajstić information content (AvgIpc) is 2.99. The first-order valence-corrected chi connectivity index (χ1v) is 7.27. The second-order valence-electron chi connectivity index (χ2n) is 5.35. The number of carbonyl (C=O) groups is 1. The highest BCUT2D eigenvalue weighted by Gasteiger charge is 2.39. The summed E-state index contributed by atoms with van der Waals surface area (Å²) in [6, 6.07) is 9.79. The van der Waals surface area contributed by atoms with Crippen molar-refractivity contribution in [2.45, 2.75) is 24.9 Å².